The fraction of sp³-hybridized carbons (Fsp3) is 0.333. The van der Waals surface area contributed by atoms with Crippen LogP contribution >= 0.6 is 0 Å². The molecule has 7 heteroatoms. The molecule has 0 aliphatic heterocycles. The van der Waals surface area contributed by atoms with Crippen LogP contribution in [0.5, 0.6) is 0 Å². The lowest BCUT2D eigenvalue weighted by molar-refractivity contribution is -0.141. The molecule has 2 N–H and O–H groups in total. The van der Waals surface area contributed by atoms with Gasteiger partial charge in [-0.25, -0.2) is 4.98 Å². The van der Waals surface area contributed by atoms with Crippen molar-refractivity contribution in [1.29, 1.82) is 0 Å². The average Bonchev–Trinajstić information content (AvgIpc) is 3.06. The van der Waals surface area contributed by atoms with Crippen LogP contribution in [0.2, 0.25) is 0 Å². The average molecular weight is 309 g/mol. The summed E-state index contributed by atoms with van der Waals surface area (Å²) in [6.07, 6.45) is -2.27. The Morgan fingerprint density at radius 2 is 2.18 bits per heavy atom. The van der Waals surface area contributed by atoms with Gasteiger partial charge in [0.15, 0.2) is 11.4 Å². The number of fused-ring (bicyclic) bond motifs is 1. The largest absolute Gasteiger partial charge is 0.433 e. The monoisotopic (exact) mass is 309 g/mol. The second-order valence-corrected chi connectivity index (χ2v) is 5.33. The van der Waals surface area contributed by atoms with Gasteiger partial charge in [-0.15, -0.1) is 0 Å². The lowest BCUT2D eigenvalue weighted by Gasteiger charge is -2.14. The maximum absolute atomic E-state index is 12.8. The van der Waals surface area contributed by atoms with Crippen molar-refractivity contribution in [2.24, 2.45) is 0 Å². The van der Waals surface area contributed by atoms with E-state index in [1.54, 1.807) is 0 Å². The van der Waals surface area contributed by atoms with Crippen LogP contribution in [0.3, 0.4) is 0 Å². The number of benzene rings is 1. The fourth-order valence-electron chi connectivity index (χ4n) is 2.90. The number of nitrogens with one attached hydrogen (secondary N) is 2. The molecule has 0 fully saturated rings. The quantitative estimate of drug-likeness (QED) is 0.895. The molecule has 1 atom stereocenters. The van der Waals surface area contributed by atoms with Gasteiger partial charge in [-0.2, -0.15) is 13.2 Å². The summed E-state index contributed by atoms with van der Waals surface area (Å²) in [5.41, 5.74) is 1.52. The minimum atomic E-state index is -4.63. The van der Waals surface area contributed by atoms with Crippen molar-refractivity contribution in [2.45, 2.75) is 32.0 Å². The van der Waals surface area contributed by atoms with Gasteiger partial charge >= 0.3 is 6.18 Å². The molecule has 0 spiro atoms. The van der Waals surface area contributed by atoms with Crippen LogP contribution < -0.4 is 5.32 Å². The van der Waals surface area contributed by atoms with Gasteiger partial charge in [0.25, 0.3) is 5.91 Å². The maximum atomic E-state index is 12.8. The van der Waals surface area contributed by atoms with E-state index in [1.165, 1.54) is 0 Å². The first kappa shape index (κ1) is 14.6. The van der Waals surface area contributed by atoms with Gasteiger partial charge in [-0.05, 0) is 36.5 Å². The molecule has 4 nitrogen and oxygen atoms in total. The number of hydrogen-bond acceptors (Lipinski definition) is 2. The van der Waals surface area contributed by atoms with Gasteiger partial charge in [0.05, 0.1) is 12.4 Å². The lowest BCUT2D eigenvalue weighted by Crippen LogP contribution is -2.29. The number of nitrogens with zero attached hydrogens (tertiary/aromatic N) is 1. The molecule has 0 radical (unpaired) electrons. The number of rotatable bonds is 2. The number of alkyl halides is 3. The summed E-state index contributed by atoms with van der Waals surface area (Å²) in [4.78, 5) is 17.6. The number of aryl methyl sites for hydroxylation is 1. The fourth-order valence-corrected chi connectivity index (χ4v) is 2.90. The van der Waals surface area contributed by atoms with E-state index in [1.807, 2.05) is 30.1 Å². The molecule has 1 amide bonds. The number of aromatic nitrogens is 2. The van der Waals surface area contributed by atoms with Crippen LogP contribution in [-0.4, -0.2) is 15.9 Å². The van der Waals surface area contributed by atoms with E-state index in [4.69, 9.17) is 0 Å². The van der Waals surface area contributed by atoms with E-state index < -0.39 is 23.5 Å². The van der Waals surface area contributed by atoms with Gasteiger partial charge in [-0.1, -0.05) is 18.2 Å². The number of halogens is 3. The minimum Gasteiger partial charge on any atom is -0.344 e. The zero-order chi connectivity index (χ0) is 15.9. The summed E-state index contributed by atoms with van der Waals surface area (Å²) in [6.45, 7) is 1.98. The molecular formula is C15H14F3N3O. The van der Waals surface area contributed by atoms with E-state index >= 15 is 0 Å². The highest BCUT2D eigenvalue weighted by Crippen LogP contribution is 2.34. The molecule has 1 aromatic carbocycles. The molecule has 1 unspecified atom stereocenters. The first-order chi connectivity index (χ1) is 10.4. The molecule has 22 heavy (non-hydrogen) atoms. The molecule has 0 saturated carbocycles. The Hall–Kier alpha value is -2.31. The Bertz CT molecular complexity index is 721. The third-order valence-electron chi connectivity index (χ3n) is 3.95. The Balaban J connectivity index is 1.83. The number of imidazole rings is 1. The summed E-state index contributed by atoms with van der Waals surface area (Å²) >= 11 is 0. The predicted octanol–water partition coefficient (Wildman–Crippen LogP) is 3.15. The van der Waals surface area contributed by atoms with Crippen molar-refractivity contribution in [3.05, 3.63) is 52.6 Å². The molecule has 1 heterocycles. The Kier molecular flexibility index (Phi) is 3.42. The maximum Gasteiger partial charge on any atom is 0.433 e. The third kappa shape index (κ3) is 2.47. The first-order valence-electron chi connectivity index (χ1n) is 6.87. The zero-order valence-electron chi connectivity index (χ0n) is 11.8. The van der Waals surface area contributed by atoms with Crippen LogP contribution in [0, 0.1) is 6.92 Å². The highest BCUT2D eigenvalue weighted by atomic mass is 19.4. The van der Waals surface area contributed by atoms with Crippen molar-refractivity contribution in [3.63, 3.8) is 0 Å². The summed E-state index contributed by atoms with van der Waals surface area (Å²) in [5, 5.41) is 2.66. The number of carbonyl (C=O) groups is 1. The molecule has 1 aromatic heterocycles. The molecular weight excluding hydrogens is 295 g/mol. The Labute approximate surface area is 124 Å². The third-order valence-corrected chi connectivity index (χ3v) is 3.95. The molecule has 0 saturated heterocycles. The molecule has 116 valence electrons. The summed E-state index contributed by atoms with van der Waals surface area (Å²) in [5.74, 6) is -0.812. The number of amides is 1. The smallest absolute Gasteiger partial charge is 0.344 e. The summed E-state index contributed by atoms with van der Waals surface area (Å²) in [6, 6.07) is 5.49. The van der Waals surface area contributed by atoms with E-state index in [2.05, 4.69) is 10.3 Å². The number of hydrogen-bond donors (Lipinski definition) is 2. The molecule has 1 aliphatic rings. The lowest BCUT2D eigenvalue weighted by atomic mass is 10.0. The molecule has 2 aromatic rings. The predicted molar refractivity (Wildman–Crippen MR) is 73.3 cm³/mol. The molecule has 1 aliphatic carbocycles. The van der Waals surface area contributed by atoms with Crippen LogP contribution in [-0.2, 0) is 12.6 Å². The van der Waals surface area contributed by atoms with Crippen LogP contribution in [0.4, 0.5) is 13.2 Å². The van der Waals surface area contributed by atoms with Gasteiger partial charge in [-0.3, -0.25) is 4.79 Å². The van der Waals surface area contributed by atoms with Crippen molar-refractivity contribution >= 4 is 5.91 Å². The van der Waals surface area contributed by atoms with Gasteiger partial charge < -0.3 is 10.3 Å². The zero-order valence-corrected chi connectivity index (χ0v) is 11.8. The number of carbonyl (C=O) groups excluding carboxylic acids is 1. The first-order valence-corrected chi connectivity index (χ1v) is 6.87. The Morgan fingerprint density at radius 3 is 2.91 bits per heavy atom. The standard InChI is InChI=1S/C15H14F3N3O/c1-8-3-2-4-10-9(8)5-6-11(10)21-14(22)12-13(15(16,17)18)20-7-19-12/h2-4,7,11H,5-6H2,1H3,(H,19,20)(H,21,22). The van der Waals surface area contributed by atoms with E-state index in [9.17, 15) is 18.0 Å². The highest BCUT2D eigenvalue weighted by Gasteiger charge is 2.38. The van der Waals surface area contributed by atoms with Gasteiger partial charge in [0.1, 0.15) is 0 Å². The topological polar surface area (TPSA) is 57.8 Å². The second-order valence-electron chi connectivity index (χ2n) is 5.33. The van der Waals surface area contributed by atoms with E-state index in [-0.39, 0.29) is 6.04 Å². The minimum absolute atomic E-state index is 0.278. The normalized spacial score (nSPS) is 17.4. The summed E-state index contributed by atoms with van der Waals surface area (Å²) in [7, 11) is 0. The second kappa shape index (κ2) is 5.15. The Morgan fingerprint density at radius 1 is 1.41 bits per heavy atom. The summed E-state index contributed by atoms with van der Waals surface area (Å²) < 4.78 is 38.4. The highest BCUT2D eigenvalue weighted by molar-refractivity contribution is 5.94. The van der Waals surface area contributed by atoms with Crippen molar-refractivity contribution in [2.75, 3.05) is 0 Å². The molecule has 0 bridgehead atoms. The van der Waals surface area contributed by atoms with Crippen molar-refractivity contribution in [1.82, 2.24) is 15.3 Å². The van der Waals surface area contributed by atoms with Crippen molar-refractivity contribution in [3.8, 4) is 0 Å². The number of aromatic amines is 1. The van der Waals surface area contributed by atoms with E-state index in [0.717, 1.165) is 29.4 Å². The molecule has 3 rings (SSSR count). The number of H-pyrrole nitrogens is 1. The van der Waals surface area contributed by atoms with Gasteiger partial charge in [0, 0.05) is 0 Å². The van der Waals surface area contributed by atoms with Crippen LogP contribution in [0.1, 0.15) is 45.3 Å². The van der Waals surface area contributed by atoms with E-state index in [0.29, 0.717) is 6.42 Å². The SMILES string of the molecule is Cc1cccc2c1CCC2NC(=O)c1nc[nH]c1C(F)(F)F. The van der Waals surface area contributed by atoms with Crippen molar-refractivity contribution < 1.29 is 18.0 Å². The van der Waals surface area contributed by atoms with Gasteiger partial charge in [0.2, 0.25) is 0 Å². The van der Waals surface area contributed by atoms with Crippen LogP contribution in [0.15, 0.2) is 24.5 Å². The van der Waals surface area contributed by atoms with Crippen LogP contribution in [0.25, 0.3) is 0 Å².